The molecule has 7 heavy (non-hydrogen) atoms. The number of carbonyl (C=O) groups is 1. The van der Waals surface area contributed by atoms with Gasteiger partial charge in [0, 0.05) is 0 Å². The molecule has 0 saturated carbocycles. The summed E-state index contributed by atoms with van der Waals surface area (Å²) in [5.41, 5.74) is 4.99. The van der Waals surface area contributed by atoms with Crippen molar-refractivity contribution >= 4 is 17.8 Å². The second-order valence-corrected chi connectivity index (χ2v) is 1.34. The van der Waals surface area contributed by atoms with Crippen molar-refractivity contribution in [3.8, 4) is 0 Å². The highest BCUT2D eigenvalue weighted by Gasteiger charge is 2.05. The van der Waals surface area contributed by atoms with E-state index in [4.69, 9.17) is 5.73 Å². The van der Waals surface area contributed by atoms with Crippen molar-refractivity contribution in [2.45, 2.75) is 13.0 Å². The molecule has 0 aromatic rings. The van der Waals surface area contributed by atoms with Gasteiger partial charge < -0.3 is 10.0 Å². The Balaban J connectivity index is 3.35. The van der Waals surface area contributed by atoms with Crippen LogP contribution in [0.5, 0.6) is 0 Å². The van der Waals surface area contributed by atoms with Crippen molar-refractivity contribution < 1.29 is 9.08 Å². The third kappa shape index (κ3) is 2.42. The van der Waals surface area contributed by atoms with Crippen LogP contribution >= 0.6 is 11.9 Å². The Labute approximate surface area is 46.6 Å². The SMILES string of the molecule is C[C@@H](N)C(=O)OCl. The lowest BCUT2D eigenvalue weighted by Gasteiger charge is -1.95. The molecule has 0 amide bonds. The molecule has 2 N–H and O–H groups in total. The second kappa shape index (κ2) is 2.82. The normalized spacial score (nSPS) is 13.0. The Morgan fingerprint density at radius 1 is 2.00 bits per heavy atom. The first kappa shape index (κ1) is 6.72. The average molecular weight is 124 g/mol. The molecule has 0 spiro atoms. The monoisotopic (exact) mass is 123 g/mol. The van der Waals surface area contributed by atoms with Crippen LogP contribution in [0, 0.1) is 0 Å². The van der Waals surface area contributed by atoms with Crippen molar-refractivity contribution in [2.24, 2.45) is 5.73 Å². The van der Waals surface area contributed by atoms with Gasteiger partial charge in [-0.3, -0.25) is 0 Å². The fourth-order valence-corrected chi connectivity index (χ4v) is 0.211. The van der Waals surface area contributed by atoms with Gasteiger partial charge in [0.1, 0.15) is 17.9 Å². The zero-order chi connectivity index (χ0) is 5.86. The standard InChI is InChI=1S/C3H6ClNO2/c1-2(5)3(6)7-4/h2H,5H2,1H3/t2-/m1/s1. The molecule has 0 heterocycles. The van der Waals surface area contributed by atoms with Crippen LogP contribution in [-0.4, -0.2) is 12.0 Å². The van der Waals surface area contributed by atoms with Crippen LogP contribution in [-0.2, 0) is 9.08 Å². The van der Waals surface area contributed by atoms with Gasteiger partial charge in [0.2, 0.25) is 0 Å². The van der Waals surface area contributed by atoms with E-state index in [9.17, 15) is 4.79 Å². The van der Waals surface area contributed by atoms with E-state index in [2.05, 4.69) is 16.2 Å². The Bertz CT molecular complexity index is 73.3. The number of halogens is 1. The summed E-state index contributed by atoms with van der Waals surface area (Å²) in [5.74, 6) is -0.610. The molecule has 0 rings (SSSR count). The fraction of sp³-hybridized carbons (Fsp3) is 0.667. The van der Waals surface area contributed by atoms with Gasteiger partial charge in [-0.1, -0.05) is 0 Å². The molecule has 0 aliphatic heterocycles. The van der Waals surface area contributed by atoms with Crippen LogP contribution in [0.15, 0.2) is 0 Å². The molecule has 1 atom stereocenters. The zero-order valence-electron chi connectivity index (χ0n) is 3.85. The van der Waals surface area contributed by atoms with Crippen LogP contribution in [0.4, 0.5) is 0 Å². The topological polar surface area (TPSA) is 52.3 Å². The minimum Gasteiger partial charge on any atom is -0.346 e. The second-order valence-electron chi connectivity index (χ2n) is 1.18. The molecule has 42 valence electrons. The minimum absolute atomic E-state index is 0.610. The van der Waals surface area contributed by atoms with E-state index in [-0.39, 0.29) is 0 Å². The minimum atomic E-state index is -0.627. The molecule has 0 bridgehead atoms. The summed E-state index contributed by atoms with van der Waals surface area (Å²) in [4.78, 5) is 10.0. The Kier molecular flexibility index (Phi) is 2.71. The predicted molar refractivity (Wildman–Crippen MR) is 25.6 cm³/mol. The summed E-state index contributed by atoms with van der Waals surface area (Å²) in [5, 5.41) is 0. The maximum absolute atomic E-state index is 10.0. The summed E-state index contributed by atoms with van der Waals surface area (Å²) < 4.78 is 3.72. The van der Waals surface area contributed by atoms with Gasteiger partial charge in [-0.15, -0.1) is 0 Å². The lowest BCUT2D eigenvalue weighted by molar-refractivity contribution is -0.134. The summed E-state index contributed by atoms with van der Waals surface area (Å²) in [6.07, 6.45) is 0. The van der Waals surface area contributed by atoms with Crippen molar-refractivity contribution in [1.29, 1.82) is 0 Å². The number of carbonyl (C=O) groups excluding carboxylic acids is 1. The van der Waals surface area contributed by atoms with E-state index in [1.165, 1.54) is 6.92 Å². The van der Waals surface area contributed by atoms with Gasteiger partial charge in [0.05, 0.1) is 0 Å². The summed E-state index contributed by atoms with van der Waals surface area (Å²) in [7, 11) is 0. The number of hydrogen-bond acceptors (Lipinski definition) is 3. The maximum Gasteiger partial charge on any atom is 0.340 e. The summed E-state index contributed by atoms with van der Waals surface area (Å²) in [6, 6.07) is -0.627. The van der Waals surface area contributed by atoms with Gasteiger partial charge in [0.15, 0.2) is 0 Å². The number of rotatable bonds is 1. The van der Waals surface area contributed by atoms with Crippen LogP contribution in [0.3, 0.4) is 0 Å². The lowest BCUT2D eigenvalue weighted by atomic mass is 10.4. The van der Waals surface area contributed by atoms with E-state index < -0.39 is 12.0 Å². The molecular formula is C3H6ClNO2. The molecule has 4 heteroatoms. The van der Waals surface area contributed by atoms with Crippen molar-refractivity contribution in [3.63, 3.8) is 0 Å². The van der Waals surface area contributed by atoms with Gasteiger partial charge in [-0.2, -0.15) is 0 Å². The lowest BCUT2D eigenvalue weighted by Crippen LogP contribution is -2.26. The Hall–Kier alpha value is -0.280. The number of hydrogen-bond donors (Lipinski definition) is 1. The molecule has 0 aromatic heterocycles. The first-order valence-corrected chi connectivity index (χ1v) is 2.07. The average Bonchev–Trinajstić information content (AvgIpc) is 1.65. The molecule has 0 aliphatic carbocycles. The van der Waals surface area contributed by atoms with Crippen molar-refractivity contribution in [1.82, 2.24) is 0 Å². The highest BCUT2D eigenvalue weighted by molar-refractivity contribution is 6.13. The molecule has 0 saturated heterocycles. The maximum atomic E-state index is 10.0. The fourth-order valence-electron chi connectivity index (χ4n) is 0.0703. The van der Waals surface area contributed by atoms with E-state index in [0.29, 0.717) is 0 Å². The highest BCUT2D eigenvalue weighted by Crippen LogP contribution is 1.84. The van der Waals surface area contributed by atoms with Gasteiger partial charge >= 0.3 is 5.97 Å². The van der Waals surface area contributed by atoms with Crippen molar-refractivity contribution in [3.05, 3.63) is 0 Å². The van der Waals surface area contributed by atoms with Crippen LogP contribution in [0.1, 0.15) is 6.92 Å². The third-order valence-electron chi connectivity index (χ3n) is 0.448. The summed E-state index contributed by atoms with van der Waals surface area (Å²) >= 11 is 4.62. The van der Waals surface area contributed by atoms with Crippen LogP contribution in [0.2, 0.25) is 0 Å². The molecule has 0 aromatic carbocycles. The van der Waals surface area contributed by atoms with Crippen LogP contribution < -0.4 is 5.73 Å². The molecular weight excluding hydrogens is 117 g/mol. The number of nitrogens with two attached hydrogens (primary N) is 1. The smallest absolute Gasteiger partial charge is 0.340 e. The van der Waals surface area contributed by atoms with Gasteiger partial charge in [-0.25, -0.2) is 4.79 Å². The van der Waals surface area contributed by atoms with E-state index in [0.717, 1.165) is 0 Å². The largest absolute Gasteiger partial charge is 0.346 e. The van der Waals surface area contributed by atoms with Gasteiger partial charge in [-0.05, 0) is 6.92 Å². The predicted octanol–water partition coefficient (Wildman–Crippen LogP) is 0.0306. The third-order valence-corrected chi connectivity index (χ3v) is 0.600. The van der Waals surface area contributed by atoms with E-state index in [1.807, 2.05) is 0 Å². The first-order valence-electron chi connectivity index (χ1n) is 1.76. The van der Waals surface area contributed by atoms with E-state index >= 15 is 0 Å². The van der Waals surface area contributed by atoms with Crippen LogP contribution in [0.25, 0.3) is 0 Å². The molecule has 0 radical (unpaired) electrons. The molecule has 0 unspecified atom stereocenters. The quantitative estimate of drug-likeness (QED) is 0.535. The van der Waals surface area contributed by atoms with Gasteiger partial charge in [0.25, 0.3) is 0 Å². The molecule has 3 nitrogen and oxygen atoms in total. The Morgan fingerprint density at radius 3 is 2.43 bits per heavy atom. The zero-order valence-corrected chi connectivity index (χ0v) is 4.61. The molecule has 0 aliphatic rings. The first-order chi connectivity index (χ1) is 3.18. The highest BCUT2D eigenvalue weighted by atomic mass is 35.5. The van der Waals surface area contributed by atoms with Crippen molar-refractivity contribution in [2.75, 3.05) is 0 Å². The summed E-state index contributed by atoms with van der Waals surface area (Å²) in [6.45, 7) is 1.49. The molecule has 0 fully saturated rings. The Morgan fingerprint density at radius 2 is 2.43 bits per heavy atom. The van der Waals surface area contributed by atoms with E-state index in [1.54, 1.807) is 0 Å².